The maximum absolute atomic E-state index is 2.54. The van der Waals surface area contributed by atoms with E-state index in [1.165, 1.54) is 152 Å². The number of hydrogen-bond donors (Lipinski definition) is 0. The van der Waals surface area contributed by atoms with Gasteiger partial charge in [-0.15, -0.1) is 0 Å². The third-order valence-electron chi connectivity index (χ3n) is 8.26. The van der Waals surface area contributed by atoms with Gasteiger partial charge in [0.2, 0.25) is 0 Å². The zero-order valence-corrected chi connectivity index (χ0v) is 25.1. The molecular weight excluding hydrogens is 446 g/mol. The smallest absolute Gasteiger partial charge is 0.112 e. The summed E-state index contributed by atoms with van der Waals surface area (Å²) >= 11 is 0. The molecule has 0 aliphatic carbocycles. The number of benzene rings is 1. The quantitative estimate of drug-likeness (QED) is 0.0980. The monoisotopic (exact) mass is 507 g/mol. The van der Waals surface area contributed by atoms with E-state index in [2.05, 4.69) is 58.2 Å². The Morgan fingerprint density at radius 1 is 0.514 bits per heavy atom. The minimum Gasteiger partial charge on any atom is -1.00 e. The number of hydrogen-bond acceptors (Lipinski definition) is 0. The molecule has 0 aromatic heterocycles. The number of unbranched alkanes of at least 4 members (excludes halogenated alkanes) is 18. The minimum atomic E-state index is 0. The molecule has 1 aromatic rings. The minimum absolute atomic E-state index is 0. The largest absolute Gasteiger partial charge is 1.00 e. The van der Waals surface area contributed by atoms with Crippen LogP contribution in [0.3, 0.4) is 0 Å². The van der Waals surface area contributed by atoms with E-state index in [9.17, 15) is 0 Å². The molecule has 0 aliphatic rings. The highest BCUT2D eigenvalue weighted by molar-refractivity contribution is 5.16. The first-order chi connectivity index (χ1) is 16.6. The van der Waals surface area contributed by atoms with E-state index in [1.54, 1.807) is 0 Å². The summed E-state index contributed by atoms with van der Waals surface area (Å²) in [6.07, 6.45) is 28.6. The summed E-state index contributed by atoms with van der Waals surface area (Å²) in [5, 5.41) is 0. The predicted molar refractivity (Wildman–Crippen MR) is 154 cm³/mol. The Bertz CT molecular complexity index is 519. The molecule has 0 spiro atoms. The van der Waals surface area contributed by atoms with E-state index < -0.39 is 0 Å². The number of nitrogens with zero attached hydrogens (tertiary/aromatic N) is 1. The van der Waals surface area contributed by atoms with Crippen LogP contribution >= 0.6 is 0 Å². The Kier molecular flexibility index (Phi) is 23.5. The molecule has 0 N–H and O–H groups in total. The van der Waals surface area contributed by atoms with Gasteiger partial charge in [0.05, 0.1) is 20.1 Å². The van der Waals surface area contributed by atoms with E-state index >= 15 is 0 Å². The van der Waals surface area contributed by atoms with Gasteiger partial charge < -0.3 is 16.9 Å². The molecule has 35 heavy (non-hydrogen) atoms. The van der Waals surface area contributed by atoms with Crippen molar-refractivity contribution in [3.63, 3.8) is 0 Å². The van der Waals surface area contributed by atoms with Gasteiger partial charge in [0.25, 0.3) is 0 Å². The number of halogens is 1. The van der Waals surface area contributed by atoms with Gasteiger partial charge in [-0.1, -0.05) is 147 Å². The summed E-state index contributed by atoms with van der Waals surface area (Å²) in [7, 11) is 2.54. The standard InChI is InChI=1S/C33H62N.ClH/c1-5-7-9-11-13-15-17-19-21-26-30-34(4,32(3)33-28-24-23-25-29-33)31-27-22-20-18-16-14-12-10-8-6-2;/h23-25,28-29,32H,5-22,26-27,30-31H2,1-4H3;1H/q+1;/p-1. The van der Waals surface area contributed by atoms with Crippen LogP contribution in [-0.2, 0) is 0 Å². The summed E-state index contributed by atoms with van der Waals surface area (Å²) < 4.78 is 1.22. The molecule has 0 aliphatic heterocycles. The summed E-state index contributed by atoms with van der Waals surface area (Å²) in [6, 6.07) is 11.9. The highest BCUT2D eigenvalue weighted by atomic mass is 35.5. The van der Waals surface area contributed by atoms with Crippen molar-refractivity contribution in [2.24, 2.45) is 0 Å². The Labute approximate surface area is 227 Å². The average molecular weight is 508 g/mol. The molecule has 0 amide bonds. The van der Waals surface area contributed by atoms with Gasteiger partial charge in [-0.05, 0) is 32.6 Å². The molecule has 0 bridgehead atoms. The molecule has 1 aromatic carbocycles. The van der Waals surface area contributed by atoms with Crippen LogP contribution in [0.1, 0.15) is 161 Å². The lowest BCUT2D eigenvalue weighted by Crippen LogP contribution is -3.00. The Morgan fingerprint density at radius 3 is 1.17 bits per heavy atom. The molecule has 0 heterocycles. The van der Waals surface area contributed by atoms with E-state index in [1.807, 2.05) is 0 Å². The van der Waals surface area contributed by atoms with Crippen LogP contribution in [0, 0.1) is 0 Å². The molecule has 1 unspecified atom stereocenters. The molecular formula is C33H62ClN. The van der Waals surface area contributed by atoms with Crippen LogP contribution in [-0.4, -0.2) is 24.6 Å². The lowest BCUT2D eigenvalue weighted by molar-refractivity contribution is -0.938. The molecule has 1 atom stereocenters. The Morgan fingerprint density at radius 2 is 0.829 bits per heavy atom. The highest BCUT2D eigenvalue weighted by Crippen LogP contribution is 2.28. The first kappa shape index (κ1) is 34.5. The summed E-state index contributed by atoms with van der Waals surface area (Å²) in [6.45, 7) is 9.76. The highest BCUT2D eigenvalue weighted by Gasteiger charge is 2.29. The van der Waals surface area contributed by atoms with Gasteiger partial charge in [0.15, 0.2) is 0 Å². The normalized spacial score (nSPS) is 12.5. The second-order valence-corrected chi connectivity index (χ2v) is 11.4. The van der Waals surface area contributed by atoms with Crippen molar-refractivity contribution in [1.82, 2.24) is 0 Å². The SMILES string of the molecule is CCCCCCCCCCCC[N+](C)(CCCCCCCCCCCC)C(C)c1ccccc1.[Cl-]. The molecule has 0 saturated heterocycles. The average Bonchev–Trinajstić information content (AvgIpc) is 2.86. The van der Waals surface area contributed by atoms with Crippen LogP contribution in [0.4, 0.5) is 0 Å². The topological polar surface area (TPSA) is 0 Å². The van der Waals surface area contributed by atoms with Crippen LogP contribution in [0.5, 0.6) is 0 Å². The molecule has 0 fully saturated rings. The van der Waals surface area contributed by atoms with Crippen LogP contribution < -0.4 is 12.4 Å². The third kappa shape index (κ3) is 17.5. The van der Waals surface area contributed by atoms with Gasteiger partial charge in [-0.3, -0.25) is 0 Å². The van der Waals surface area contributed by atoms with Crippen molar-refractivity contribution in [3.05, 3.63) is 35.9 Å². The maximum Gasteiger partial charge on any atom is 0.112 e. The van der Waals surface area contributed by atoms with E-state index in [0.717, 1.165) is 0 Å². The summed E-state index contributed by atoms with van der Waals surface area (Å²) in [5.74, 6) is 0. The number of rotatable bonds is 24. The van der Waals surface area contributed by atoms with Crippen LogP contribution in [0.25, 0.3) is 0 Å². The zero-order chi connectivity index (χ0) is 24.7. The van der Waals surface area contributed by atoms with Crippen molar-refractivity contribution in [2.45, 2.75) is 155 Å². The van der Waals surface area contributed by atoms with Crippen LogP contribution in [0.15, 0.2) is 30.3 Å². The van der Waals surface area contributed by atoms with Crippen molar-refractivity contribution in [1.29, 1.82) is 0 Å². The number of quaternary nitrogens is 1. The first-order valence-corrected chi connectivity index (χ1v) is 15.5. The van der Waals surface area contributed by atoms with E-state index in [4.69, 9.17) is 0 Å². The van der Waals surface area contributed by atoms with Crippen LogP contribution in [0.2, 0.25) is 0 Å². The predicted octanol–water partition coefficient (Wildman–Crippen LogP) is 8.04. The van der Waals surface area contributed by atoms with Gasteiger partial charge >= 0.3 is 0 Å². The summed E-state index contributed by atoms with van der Waals surface area (Å²) in [4.78, 5) is 0. The molecule has 2 heteroatoms. The zero-order valence-electron chi connectivity index (χ0n) is 24.3. The lowest BCUT2D eigenvalue weighted by atomic mass is 10.0. The third-order valence-corrected chi connectivity index (χ3v) is 8.26. The van der Waals surface area contributed by atoms with Gasteiger partial charge in [0.1, 0.15) is 6.04 Å². The lowest BCUT2D eigenvalue weighted by Gasteiger charge is -2.41. The van der Waals surface area contributed by atoms with Crippen molar-refractivity contribution >= 4 is 0 Å². The Balaban J connectivity index is 0.0000116. The summed E-state index contributed by atoms with van der Waals surface area (Å²) in [5.41, 5.74) is 1.52. The fourth-order valence-corrected chi connectivity index (χ4v) is 5.51. The van der Waals surface area contributed by atoms with Crippen molar-refractivity contribution in [2.75, 3.05) is 20.1 Å². The molecule has 1 rings (SSSR count). The molecule has 0 saturated carbocycles. The van der Waals surface area contributed by atoms with Gasteiger partial charge in [-0.25, -0.2) is 0 Å². The second kappa shape index (κ2) is 23.8. The molecule has 206 valence electrons. The molecule has 1 nitrogen and oxygen atoms in total. The van der Waals surface area contributed by atoms with E-state index in [0.29, 0.717) is 6.04 Å². The fourth-order valence-electron chi connectivity index (χ4n) is 5.51. The van der Waals surface area contributed by atoms with Gasteiger partial charge in [0, 0.05) is 5.56 Å². The Hall–Kier alpha value is -0.530. The second-order valence-electron chi connectivity index (χ2n) is 11.4. The van der Waals surface area contributed by atoms with Crippen molar-refractivity contribution < 1.29 is 16.9 Å². The molecule has 0 radical (unpaired) electrons. The first-order valence-electron chi connectivity index (χ1n) is 15.5. The maximum atomic E-state index is 2.54. The van der Waals surface area contributed by atoms with E-state index in [-0.39, 0.29) is 12.4 Å². The van der Waals surface area contributed by atoms with Crippen molar-refractivity contribution in [3.8, 4) is 0 Å². The fraction of sp³-hybridized carbons (Fsp3) is 0.818. The van der Waals surface area contributed by atoms with Gasteiger partial charge in [-0.2, -0.15) is 0 Å².